The summed E-state index contributed by atoms with van der Waals surface area (Å²) in [6, 6.07) is 9.42. The van der Waals surface area contributed by atoms with Crippen LogP contribution in [-0.2, 0) is 17.8 Å². The Kier molecular flexibility index (Phi) is 7.16. The minimum Gasteiger partial charge on any atom is -0.391 e. The Morgan fingerprint density at radius 3 is 2.76 bits per heavy atom. The largest absolute Gasteiger partial charge is 0.391 e. The molecule has 136 valence electrons. The number of aliphatic hydroxyl groups is 1. The zero-order valence-electron chi connectivity index (χ0n) is 14.9. The number of hydrogen-bond acceptors (Lipinski definition) is 4. The molecule has 4 N–H and O–H groups in total. The molecule has 0 saturated carbocycles. The van der Waals surface area contributed by atoms with Crippen LogP contribution in [0.25, 0.3) is 0 Å². The zero-order chi connectivity index (χ0) is 18.2. The van der Waals surface area contributed by atoms with Crippen molar-refractivity contribution >= 4 is 5.91 Å². The van der Waals surface area contributed by atoms with Crippen molar-refractivity contribution in [2.45, 2.75) is 45.4 Å². The summed E-state index contributed by atoms with van der Waals surface area (Å²) < 4.78 is 1.97. The molecule has 6 heteroatoms. The molecule has 0 radical (unpaired) electrons. The SMILES string of the molecule is CCC(C)C(O)CNC(=O)[C@@H](N)Cc1cn(Cc2ccccc2)cn1. The molecule has 2 unspecified atom stereocenters. The molecule has 1 aromatic heterocycles. The number of hydrogen-bond donors (Lipinski definition) is 3. The number of carbonyl (C=O) groups excluding carboxylic acids is 1. The Morgan fingerprint density at radius 1 is 1.36 bits per heavy atom. The second-order valence-corrected chi connectivity index (χ2v) is 6.53. The second kappa shape index (κ2) is 9.34. The topological polar surface area (TPSA) is 93.2 Å². The molecule has 1 heterocycles. The Morgan fingerprint density at radius 2 is 2.08 bits per heavy atom. The highest BCUT2D eigenvalue weighted by atomic mass is 16.3. The fourth-order valence-electron chi connectivity index (χ4n) is 2.52. The normalized spacial score (nSPS) is 14.7. The predicted octanol–water partition coefficient (Wildman–Crippen LogP) is 1.32. The number of aromatic nitrogens is 2. The van der Waals surface area contributed by atoms with Crippen LogP contribution in [0.2, 0.25) is 0 Å². The van der Waals surface area contributed by atoms with Gasteiger partial charge in [-0.1, -0.05) is 50.6 Å². The van der Waals surface area contributed by atoms with Gasteiger partial charge in [-0.25, -0.2) is 4.98 Å². The summed E-state index contributed by atoms with van der Waals surface area (Å²) in [7, 11) is 0. The van der Waals surface area contributed by atoms with Crippen LogP contribution in [0, 0.1) is 5.92 Å². The molecule has 25 heavy (non-hydrogen) atoms. The molecule has 6 nitrogen and oxygen atoms in total. The molecule has 2 aromatic rings. The van der Waals surface area contributed by atoms with Crippen LogP contribution in [0.15, 0.2) is 42.9 Å². The van der Waals surface area contributed by atoms with Crippen molar-refractivity contribution in [2.24, 2.45) is 11.7 Å². The third-order valence-electron chi connectivity index (χ3n) is 4.45. The van der Waals surface area contributed by atoms with Crippen LogP contribution in [0.4, 0.5) is 0 Å². The summed E-state index contributed by atoms with van der Waals surface area (Å²) in [5, 5.41) is 12.6. The standard InChI is InChI=1S/C19H28N4O2/c1-3-14(2)18(24)10-21-19(25)17(20)9-16-12-23(13-22-16)11-15-7-5-4-6-8-15/h4-8,12-14,17-18,24H,3,9-11,20H2,1-2H3,(H,21,25)/t14?,17-,18?/m0/s1. The molecule has 1 aromatic carbocycles. The highest BCUT2D eigenvalue weighted by Crippen LogP contribution is 2.07. The number of amides is 1. The van der Waals surface area contributed by atoms with Crippen molar-refractivity contribution in [1.29, 1.82) is 0 Å². The molecule has 0 aliphatic heterocycles. The lowest BCUT2D eigenvalue weighted by atomic mass is 10.0. The van der Waals surface area contributed by atoms with Gasteiger partial charge in [-0.2, -0.15) is 0 Å². The van der Waals surface area contributed by atoms with E-state index in [1.54, 1.807) is 6.33 Å². The number of nitrogens with two attached hydrogens (primary N) is 1. The van der Waals surface area contributed by atoms with Gasteiger partial charge in [0.25, 0.3) is 0 Å². The van der Waals surface area contributed by atoms with Gasteiger partial charge in [0, 0.05) is 25.7 Å². The Hall–Kier alpha value is -2.18. The molecule has 1 amide bonds. The molecule has 0 fully saturated rings. The maximum atomic E-state index is 12.1. The number of imidazole rings is 1. The maximum Gasteiger partial charge on any atom is 0.237 e. The van der Waals surface area contributed by atoms with E-state index in [9.17, 15) is 9.90 Å². The van der Waals surface area contributed by atoms with E-state index < -0.39 is 12.1 Å². The smallest absolute Gasteiger partial charge is 0.237 e. The van der Waals surface area contributed by atoms with E-state index in [0.29, 0.717) is 6.42 Å². The van der Waals surface area contributed by atoms with Crippen molar-refractivity contribution in [2.75, 3.05) is 6.54 Å². The van der Waals surface area contributed by atoms with E-state index in [-0.39, 0.29) is 18.4 Å². The fraction of sp³-hybridized carbons (Fsp3) is 0.474. The fourth-order valence-corrected chi connectivity index (χ4v) is 2.52. The molecule has 0 aliphatic carbocycles. The van der Waals surface area contributed by atoms with Gasteiger partial charge in [-0.15, -0.1) is 0 Å². The summed E-state index contributed by atoms with van der Waals surface area (Å²) in [6.45, 7) is 4.92. The number of nitrogens with one attached hydrogen (secondary N) is 1. The van der Waals surface area contributed by atoms with Crippen LogP contribution in [0.1, 0.15) is 31.5 Å². The quantitative estimate of drug-likeness (QED) is 0.640. The summed E-state index contributed by atoms with van der Waals surface area (Å²) in [4.78, 5) is 16.4. The van der Waals surface area contributed by atoms with Crippen molar-refractivity contribution in [3.63, 3.8) is 0 Å². The summed E-state index contributed by atoms with van der Waals surface area (Å²) in [5.74, 6) is -0.120. The number of nitrogens with zero attached hydrogens (tertiary/aromatic N) is 2. The lowest BCUT2D eigenvalue weighted by Gasteiger charge is -2.19. The van der Waals surface area contributed by atoms with Gasteiger partial charge in [0.1, 0.15) is 0 Å². The van der Waals surface area contributed by atoms with Crippen LogP contribution in [-0.4, -0.2) is 39.3 Å². The van der Waals surface area contributed by atoms with Crippen LogP contribution < -0.4 is 11.1 Å². The van der Waals surface area contributed by atoms with Gasteiger partial charge in [-0.3, -0.25) is 4.79 Å². The van der Waals surface area contributed by atoms with E-state index in [2.05, 4.69) is 22.4 Å². The van der Waals surface area contributed by atoms with E-state index >= 15 is 0 Å². The van der Waals surface area contributed by atoms with Gasteiger partial charge >= 0.3 is 0 Å². The van der Waals surface area contributed by atoms with Crippen LogP contribution >= 0.6 is 0 Å². The number of benzene rings is 1. The number of carbonyl (C=O) groups is 1. The number of aliphatic hydroxyl groups excluding tert-OH is 1. The molecule has 0 saturated heterocycles. The monoisotopic (exact) mass is 344 g/mol. The third kappa shape index (κ3) is 5.99. The molecule has 0 aliphatic rings. The Labute approximate surface area is 149 Å². The van der Waals surface area contributed by atoms with Gasteiger partial charge in [0.15, 0.2) is 0 Å². The zero-order valence-corrected chi connectivity index (χ0v) is 14.9. The van der Waals surface area contributed by atoms with Gasteiger partial charge in [0.05, 0.1) is 24.2 Å². The highest BCUT2D eigenvalue weighted by Gasteiger charge is 2.18. The minimum absolute atomic E-state index is 0.144. The first-order valence-corrected chi connectivity index (χ1v) is 8.75. The van der Waals surface area contributed by atoms with E-state index in [1.807, 2.05) is 42.8 Å². The number of rotatable bonds is 9. The summed E-state index contributed by atoms with van der Waals surface area (Å²) in [5.41, 5.74) is 7.93. The van der Waals surface area contributed by atoms with Gasteiger partial charge in [-0.05, 0) is 11.5 Å². The lowest BCUT2D eigenvalue weighted by molar-refractivity contribution is -0.123. The van der Waals surface area contributed by atoms with E-state index in [4.69, 9.17) is 5.73 Å². The average Bonchev–Trinajstić information content (AvgIpc) is 3.06. The third-order valence-corrected chi connectivity index (χ3v) is 4.45. The van der Waals surface area contributed by atoms with Gasteiger partial charge < -0.3 is 20.7 Å². The summed E-state index contributed by atoms with van der Waals surface area (Å²) in [6.07, 6.45) is 4.34. The maximum absolute atomic E-state index is 12.1. The first kappa shape index (κ1) is 19.1. The Balaban J connectivity index is 1.82. The van der Waals surface area contributed by atoms with Crippen molar-refractivity contribution in [3.8, 4) is 0 Å². The predicted molar refractivity (Wildman–Crippen MR) is 97.9 cm³/mol. The van der Waals surface area contributed by atoms with E-state index in [1.165, 1.54) is 5.56 Å². The summed E-state index contributed by atoms with van der Waals surface area (Å²) >= 11 is 0. The molecule has 0 spiro atoms. The van der Waals surface area contributed by atoms with Crippen molar-refractivity contribution in [1.82, 2.24) is 14.9 Å². The molecular weight excluding hydrogens is 316 g/mol. The van der Waals surface area contributed by atoms with Gasteiger partial charge in [0.2, 0.25) is 5.91 Å². The lowest BCUT2D eigenvalue weighted by Crippen LogP contribution is -2.45. The Bertz CT molecular complexity index is 656. The molecular formula is C19H28N4O2. The highest BCUT2D eigenvalue weighted by molar-refractivity contribution is 5.81. The van der Waals surface area contributed by atoms with E-state index in [0.717, 1.165) is 18.7 Å². The van der Waals surface area contributed by atoms with Crippen molar-refractivity contribution in [3.05, 3.63) is 54.1 Å². The first-order chi connectivity index (χ1) is 12.0. The average molecular weight is 344 g/mol. The van der Waals surface area contributed by atoms with Crippen LogP contribution in [0.3, 0.4) is 0 Å². The molecule has 3 atom stereocenters. The van der Waals surface area contributed by atoms with Crippen LogP contribution in [0.5, 0.6) is 0 Å². The van der Waals surface area contributed by atoms with Crippen molar-refractivity contribution < 1.29 is 9.90 Å². The minimum atomic E-state index is -0.677. The molecule has 2 rings (SSSR count). The second-order valence-electron chi connectivity index (χ2n) is 6.53. The first-order valence-electron chi connectivity index (χ1n) is 8.75. The molecule has 0 bridgehead atoms.